The maximum Gasteiger partial charge on any atom is 0.408 e. The van der Waals surface area contributed by atoms with E-state index < -0.39 is 41.8 Å². The van der Waals surface area contributed by atoms with Crippen molar-refractivity contribution in [1.29, 1.82) is 0 Å². The van der Waals surface area contributed by atoms with E-state index in [4.69, 9.17) is 14.5 Å². The molecule has 0 saturated carbocycles. The van der Waals surface area contributed by atoms with Gasteiger partial charge in [0.05, 0.1) is 29.9 Å². The van der Waals surface area contributed by atoms with Gasteiger partial charge >= 0.3 is 12.1 Å². The van der Waals surface area contributed by atoms with Crippen LogP contribution in [0.25, 0.3) is 5.57 Å². The Morgan fingerprint density at radius 1 is 1.07 bits per heavy atom. The van der Waals surface area contributed by atoms with Crippen molar-refractivity contribution < 1.29 is 28.7 Å². The van der Waals surface area contributed by atoms with Gasteiger partial charge in [0, 0.05) is 23.2 Å². The van der Waals surface area contributed by atoms with Gasteiger partial charge in [-0.1, -0.05) is 19.1 Å². The first-order valence-electron chi connectivity index (χ1n) is 13.9. The van der Waals surface area contributed by atoms with Crippen LogP contribution in [0.3, 0.4) is 0 Å². The highest BCUT2D eigenvalue weighted by Crippen LogP contribution is 2.35. The van der Waals surface area contributed by atoms with Crippen LogP contribution in [0.1, 0.15) is 98.0 Å². The summed E-state index contributed by atoms with van der Waals surface area (Å²) in [5.41, 5.74) is 2.67. The minimum atomic E-state index is -1.39. The van der Waals surface area contributed by atoms with Crippen LogP contribution in [-0.2, 0) is 19.1 Å². The Bertz CT molecular complexity index is 1190. The molecule has 0 aromatic heterocycles. The summed E-state index contributed by atoms with van der Waals surface area (Å²) in [7, 11) is 0. The molecule has 0 aliphatic carbocycles. The molecule has 1 aliphatic rings. The molecule has 2 rings (SSSR count). The number of carbonyl (C=O) groups excluding carboxylic acids is 4. The van der Waals surface area contributed by atoms with Crippen molar-refractivity contribution in [3.63, 3.8) is 0 Å². The van der Waals surface area contributed by atoms with Crippen molar-refractivity contribution >= 4 is 40.6 Å². The number of fused-ring (bicyclic) bond motifs is 1. The summed E-state index contributed by atoms with van der Waals surface area (Å²) >= 11 is 0. The van der Waals surface area contributed by atoms with Crippen molar-refractivity contribution in [3.05, 3.63) is 35.4 Å². The van der Waals surface area contributed by atoms with Crippen molar-refractivity contribution in [3.8, 4) is 0 Å². The van der Waals surface area contributed by atoms with Crippen molar-refractivity contribution in [2.45, 2.75) is 105 Å². The lowest BCUT2D eigenvalue weighted by molar-refractivity contribution is -0.152. The second kappa shape index (κ2) is 13.2. The molecule has 0 radical (unpaired) electrons. The number of allylic oxidation sites excluding steroid dienone is 1. The van der Waals surface area contributed by atoms with E-state index in [0.717, 1.165) is 22.5 Å². The molecular formula is C31H45N3O6. The Labute approximate surface area is 238 Å². The number of amides is 1. The fourth-order valence-electron chi connectivity index (χ4n) is 4.42. The van der Waals surface area contributed by atoms with E-state index in [1.807, 2.05) is 46.8 Å². The largest absolute Gasteiger partial charge is 0.465 e. The van der Waals surface area contributed by atoms with Gasteiger partial charge in [-0.3, -0.25) is 19.4 Å². The lowest BCUT2D eigenvalue weighted by Crippen LogP contribution is -2.46. The molecule has 1 aromatic rings. The van der Waals surface area contributed by atoms with Crippen LogP contribution in [0.4, 0.5) is 10.5 Å². The van der Waals surface area contributed by atoms with Crippen molar-refractivity contribution in [1.82, 2.24) is 5.32 Å². The van der Waals surface area contributed by atoms with Crippen LogP contribution >= 0.6 is 0 Å². The lowest BCUT2D eigenvalue weighted by Gasteiger charge is -2.23. The molecule has 220 valence electrons. The quantitative estimate of drug-likeness (QED) is 0.225. The number of ether oxygens (including phenoxy) is 2. The fourth-order valence-corrected chi connectivity index (χ4v) is 4.42. The molecule has 0 spiro atoms. The van der Waals surface area contributed by atoms with Crippen LogP contribution in [-0.4, -0.2) is 59.2 Å². The summed E-state index contributed by atoms with van der Waals surface area (Å²) in [5.74, 6) is -3.20. The summed E-state index contributed by atoms with van der Waals surface area (Å²) in [4.78, 5) is 57.1. The first-order chi connectivity index (χ1) is 18.5. The molecule has 1 amide bonds. The minimum Gasteiger partial charge on any atom is -0.465 e. The maximum absolute atomic E-state index is 13.8. The Morgan fingerprint density at radius 2 is 1.73 bits per heavy atom. The van der Waals surface area contributed by atoms with Crippen LogP contribution in [0, 0.1) is 5.92 Å². The second-order valence-corrected chi connectivity index (χ2v) is 12.0. The average molecular weight is 556 g/mol. The number of Topliss-reactive ketones (excluding diaryl/α,β-unsaturated/α-hetero) is 2. The average Bonchev–Trinajstić information content (AvgIpc) is 2.95. The number of aliphatic imine (C=N–C) groups is 1. The minimum absolute atomic E-state index is 0.0475. The highest BCUT2D eigenvalue weighted by atomic mass is 16.6. The first kappa shape index (κ1) is 32.7. The molecule has 9 heteroatoms. The van der Waals surface area contributed by atoms with Crippen molar-refractivity contribution in [2.75, 3.05) is 11.9 Å². The van der Waals surface area contributed by atoms with E-state index in [2.05, 4.69) is 10.6 Å². The van der Waals surface area contributed by atoms with Gasteiger partial charge in [0.1, 0.15) is 11.5 Å². The predicted molar refractivity (Wildman–Crippen MR) is 158 cm³/mol. The summed E-state index contributed by atoms with van der Waals surface area (Å²) in [6.07, 6.45) is 1.48. The molecule has 0 bridgehead atoms. The molecule has 0 fully saturated rings. The monoisotopic (exact) mass is 555 g/mol. The summed E-state index contributed by atoms with van der Waals surface area (Å²) < 4.78 is 10.4. The number of rotatable bonds is 9. The second-order valence-electron chi connectivity index (χ2n) is 12.0. The van der Waals surface area contributed by atoms with Gasteiger partial charge in [0.15, 0.2) is 11.6 Å². The normalized spacial score (nSPS) is 17.9. The molecule has 0 saturated heterocycles. The highest BCUT2D eigenvalue weighted by Gasteiger charge is 2.36. The number of hydrogen-bond donors (Lipinski definition) is 2. The third-order valence-electron chi connectivity index (χ3n) is 6.13. The zero-order valence-corrected chi connectivity index (χ0v) is 25.6. The molecule has 9 nitrogen and oxygen atoms in total. The molecule has 3 unspecified atom stereocenters. The molecule has 1 aromatic carbocycles. The Balaban J connectivity index is 2.46. The van der Waals surface area contributed by atoms with Crippen LogP contribution in [0.15, 0.2) is 29.3 Å². The zero-order valence-electron chi connectivity index (χ0n) is 25.6. The van der Waals surface area contributed by atoms with Gasteiger partial charge in [0.2, 0.25) is 0 Å². The molecule has 1 aliphatic heterocycles. The van der Waals surface area contributed by atoms with Crippen LogP contribution in [0.2, 0.25) is 0 Å². The summed E-state index contributed by atoms with van der Waals surface area (Å²) in [6.45, 7) is 18.4. The molecule has 2 N–H and O–H groups in total. The molecule has 40 heavy (non-hydrogen) atoms. The zero-order chi connectivity index (χ0) is 30.4. The number of hydrogen-bond acceptors (Lipinski definition) is 8. The summed E-state index contributed by atoms with van der Waals surface area (Å²) in [6, 6.07) is 4.22. The Kier molecular flexibility index (Phi) is 10.8. The Morgan fingerprint density at radius 3 is 2.27 bits per heavy atom. The number of alkyl carbamates (subject to hydrolysis) is 1. The third kappa shape index (κ3) is 9.03. The van der Waals surface area contributed by atoms with Crippen LogP contribution < -0.4 is 10.6 Å². The van der Waals surface area contributed by atoms with Crippen LogP contribution in [0.5, 0.6) is 0 Å². The smallest absolute Gasteiger partial charge is 0.408 e. The highest BCUT2D eigenvalue weighted by molar-refractivity contribution is 6.13. The van der Waals surface area contributed by atoms with Gasteiger partial charge in [-0.05, 0) is 86.4 Å². The standard InChI is InChI=1S/C31H45N3O6/c1-11-20-16-24(34-30(5,6)7)18(3)32-23-15-13-14-21(26(20)23)25(35)17-22(28(37)39-12-2)27(36)19(4)33-29(38)40-31(8,9)10/h13-16,18-19,22,32H,11-12,17H2,1-10H3,(H,33,38). The number of nitrogens with one attached hydrogen (secondary N) is 2. The lowest BCUT2D eigenvalue weighted by atomic mass is 9.87. The van der Waals surface area contributed by atoms with Gasteiger partial charge < -0.3 is 20.1 Å². The fraction of sp³-hybridized carbons (Fsp3) is 0.581. The van der Waals surface area contributed by atoms with E-state index in [9.17, 15) is 19.2 Å². The van der Waals surface area contributed by atoms with E-state index in [0.29, 0.717) is 12.0 Å². The van der Waals surface area contributed by atoms with E-state index >= 15 is 0 Å². The molecule has 3 atom stereocenters. The first-order valence-corrected chi connectivity index (χ1v) is 13.9. The van der Waals surface area contributed by atoms with E-state index in [1.165, 1.54) is 6.92 Å². The van der Waals surface area contributed by atoms with Gasteiger partial charge in [-0.25, -0.2) is 4.79 Å². The number of carbonyl (C=O) groups is 4. The number of ketones is 2. The molecular weight excluding hydrogens is 510 g/mol. The van der Waals surface area contributed by atoms with Gasteiger partial charge in [-0.2, -0.15) is 0 Å². The topological polar surface area (TPSA) is 123 Å². The predicted octanol–water partition coefficient (Wildman–Crippen LogP) is 5.77. The molecule has 1 heterocycles. The summed E-state index contributed by atoms with van der Waals surface area (Å²) in [5, 5.41) is 5.94. The van der Waals surface area contributed by atoms with Crippen molar-refractivity contribution in [2.24, 2.45) is 10.9 Å². The number of esters is 1. The maximum atomic E-state index is 13.8. The number of nitrogens with zero attached hydrogens (tertiary/aromatic N) is 1. The van der Waals surface area contributed by atoms with E-state index in [1.54, 1.807) is 39.8 Å². The number of benzene rings is 1. The van der Waals surface area contributed by atoms with E-state index in [-0.39, 0.29) is 24.0 Å². The third-order valence-corrected chi connectivity index (χ3v) is 6.13. The Hall–Kier alpha value is -3.49. The SMILES string of the molecule is CCOC(=O)C(CC(=O)c1cccc2c1C(CC)=CC(=NC(C)(C)C)C(C)N2)C(=O)C(C)NC(=O)OC(C)(C)C. The number of anilines is 1. The van der Waals surface area contributed by atoms with Gasteiger partial charge in [0.25, 0.3) is 0 Å². The van der Waals surface area contributed by atoms with Gasteiger partial charge in [-0.15, -0.1) is 0 Å².